The zero-order chi connectivity index (χ0) is 20.6. The van der Waals surface area contributed by atoms with Gasteiger partial charge in [0, 0.05) is 0 Å². The van der Waals surface area contributed by atoms with Gasteiger partial charge in [-0.05, 0) is 47.7 Å². The van der Waals surface area contributed by atoms with Crippen LogP contribution in [0.2, 0.25) is 0 Å². The first-order chi connectivity index (χ1) is 14.1. The van der Waals surface area contributed by atoms with Gasteiger partial charge in [0.2, 0.25) is 5.91 Å². The fourth-order valence-corrected chi connectivity index (χ4v) is 3.41. The summed E-state index contributed by atoms with van der Waals surface area (Å²) in [5, 5.41) is 2.19. The Morgan fingerprint density at radius 1 is 1.07 bits per heavy atom. The van der Waals surface area contributed by atoms with E-state index in [2.05, 4.69) is 5.32 Å². The molecule has 3 amide bonds. The molecule has 0 aromatic heterocycles. The number of ether oxygens (including phenoxy) is 2. The van der Waals surface area contributed by atoms with Gasteiger partial charge in [-0.3, -0.25) is 19.3 Å². The number of rotatable bonds is 8. The molecule has 8 heteroatoms. The smallest absolute Gasteiger partial charge is 0.294 e. The van der Waals surface area contributed by atoms with Crippen molar-refractivity contribution >= 4 is 34.9 Å². The van der Waals surface area contributed by atoms with Crippen molar-refractivity contribution in [3.05, 3.63) is 65.1 Å². The lowest BCUT2D eigenvalue weighted by Gasteiger charge is -2.13. The van der Waals surface area contributed by atoms with Crippen molar-refractivity contribution in [3.8, 4) is 11.5 Å². The van der Waals surface area contributed by atoms with Crippen LogP contribution < -0.4 is 14.8 Å². The Morgan fingerprint density at radius 2 is 1.76 bits per heavy atom. The van der Waals surface area contributed by atoms with Gasteiger partial charge >= 0.3 is 0 Å². The molecule has 0 saturated carbocycles. The Labute approximate surface area is 172 Å². The Bertz CT molecular complexity index is 912. The molecular formula is C21H20N2O5S. The second-order valence-electron chi connectivity index (χ2n) is 6.05. The van der Waals surface area contributed by atoms with Crippen molar-refractivity contribution in [1.82, 2.24) is 10.2 Å². The van der Waals surface area contributed by atoms with Gasteiger partial charge in [-0.1, -0.05) is 30.3 Å². The lowest BCUT2D eigenvalue weighted by molar-refractivity contribution is -0.129. The number of benzene rings is 2. The number of carbonyl (C=O) groups excluding carboxylic acids is 3. The summed E-state index contributed by atoms with van der Waals surface area (Å²) >= 11 is 0.831. The molecule has 1 heterocycles. The van der Waals surface area contributed by atoms with E-state index in [0.717, 1.165) is 28.0 Å². The summed E-state index contributed by atoms with van der Waals surface area (Å²) < 4.78 is 10.6. The van der Waals surface area contributed by atoms with Gasteiger partial charge in [-0.2, -0.15) is 0 Å². The van der Waals surface area contributed by atoms with Crippen LogP contribution in [0.25, 0.3) is 6.08 Å². The maximum Gasteiger partial charge on any atom is 0.294 e. The highest BCUT2D eigenvalue weighted by Crippen LogP contribution is 2.31. The minimum atomic E-state index is -0.464. The maximum absolute atomic E-state index is 12.4. The second kappa shape index (κ2) is 9.79. The first-order valence-electron chi connectivity index (χ1n) is 8.91. The van der Waals surface area contributed by atoms with E-state index in [0.29, 0.717) is 10.7 Å². The van der Waals surface area contributed by atoms with Gasteiger partial charge in [0.1, 0.15) is 24.7 Å². The number of methoxy groups -OCH3 is 1. The molecule has 2 aromatic carbocycles. The third-order valence-electron chi connectivity index (χ3n) is 4.03. The summed E-state index contributed by atoms with van der Waals surface area (Å²) in [5.74, 6) is 0.487. The van der Waals surface area contributed by atoms with E-state index in [-0.39, 0.29) is 19.7 Å². The Morgan fingerprint density at radius 3 is 2.45 bits per heavy atom. The number of nitrogens with zero attached hydrogens (tertiary/aromatic N) is 1. The van der Waals surface area contributed by atoms with E-state index in [9.17, 15) is 14.4 Å². The molecule has 150 valence electrons. The van der Waals surface area contributed by atoms with Gasteiger partial charge < -0.3 is 14.8 Å². The topological polar surface area (TPSA) is 84.9 Å². The predicted octanol–water partition coefficient (Wildman–Crippen LogP) is 2.93. The van der Waals surface area contributed by atoms with Crippen LogP contribution >= 0.6 is 11.8 Å². The Kier molecular flexibility index (Phi) is 6.91. The molecule has 7 nitrogen and oxygen atoms in total. The van der Waals surface area contributed by atoms with Crippen LogP contribution in [0, 0.1) is 0 Å². The Hall–Kier alpha value is -3.26. The molecule has 29 heavy (non-hydrogen) atoms. The summed E-state index contributed by atoms with van der Waals surface area (Å²) in [6.07, 6.45) is 1.64. The maximum atomic E-state index is 12.4. The monoisotopic (exact) mass is 412 g/mol. The van der Waals surface area contributed by atoms with Crippen LogP contribution in [0.1, 0.15) is 5.56 Å². The fourth-order valence-electron chi connectivity index (χ4n) is 2.57. The number of hydrogen-bond donors (Lipinski definition) is 1. The number of amides is 3. The van der Waals surface area contributed by atoms with E-state index >= 15 is 0 Å². The summed E-state index contributed by atoms with van der Waals surface area (Å²) in [6, 6.07) is 16.3. The number of imide groups is 1. The summed E-state index contributed by atoms with van der Waals surface area (Å²) in [4.78, 5) is 37.9. The first-order valence-corrected chi connectivity index (χ1v) is 9.72. The zero-order valence-electron chi connectivity index (χ0n) is 15.8. The number of carbonyl (C=O) groups is 3. The number of nitrogens with one attached hydrogen (secondary N) is 1. The van der Waals surface area contributed by atoms with Crippen LogP contribution in [-0.4, -0.2) is 48.8 Å². The number of hydrogen-bond acceptors (Lipinski definition) is 6. The van der Waals surface area contributed by atoms with E-state index in [4.69, 9.17) is 9.47 Å². The van der Waals surface area contributed by atoms with Crippen LogP contribution in [0.5, 0.6) is 11.5 Å². The van der Waals surface area contributed by atoms with Crippen LogP contribution in [0.3, 0.4) is 0 Å². The van der Waals surface area contributed by atoms with Crippen molar-refractivity contribution in [3.63, 3.8) is 0 Å². The molecule has 1 fully saturated rings. The zero-order valence-corrected chi connectivity index (χ0v) is 16.6. The summed E-state index contributed by atoms with van der Waals surface area (Å²) in [6.45, 7) is 0.189. The molecule has 1 aliphatic heterocycles. The molecule has 0 unspecified atom stereocenters. The van der Waals surface area contributed by atoms with Gasteiger partial charge in [0.25, 0.3) is 11.1 Å². The van der Waals surface area contributed by atoms with Crippen molar-refractivity contribution in [2.24, 2.45) is 0 Å². The van der Waals surface area contributed by atoms with Gasteiger partial charge in [-0.15, -0.1) is 0 Å². The molecule has 1 aliphatic rings. The molecule has 1 saturated heterocycles. The minimum Gasteiger partial charge on any atom is -0.497 e. The molecule has 2 aromatic rings. The molecule has 0 spiro atoms. The highest BCUT2D eigenvalue weighted by atomic mass is 32.2. The van der Waals surface area contributed by atoms with Gasteiger partial charge in [0.15, 0.2) is 0 Å². The van der Waals surface area contributed by atoms with Crippen molar-refractivity contribution in [2.45, 2.75) is 0 Å². The SMILES string of the molecule is COc1ccc(OCCNC(=O)CN2C(=O)S/C(=C/c3ccccc3)C2=O)cc1. The average Bonchev–Trinajstić information content (AvgIpc) is 2.99. The van der Waals surface area contributed by atoms with Gasteiger partial charge in [-0.25, -0.2) is 0 Å². The van der Waals surface area contributed by atoms with E-state index < -0.39 is 17.1 Å². The lowest BCUT2D eigenvalue weighted by atomic mass is 10.2. The van der Waals surface area contributed by atoms with E-state index in [1.165, 1.54) is 0 Å². The third kappa shape index (κ3) is 5.61. The molecular weight excluding hydrogens is 392 g/mol. The highest BCUT2D eigenvalue weighted by Gasteiger charge is 2.36. The predicted molar refractivity (Wildman–Crippen MR) is 111 cm³/mol. The molecule has 1 N–H and O–H groups in total. The van der Waals surface area contributed by atoms with E-state index in [1.807, 2.05) is 30.3 Å². The first kappa shape index (κ1) is 20.5. The quantitative estimate of drug-likeness (QED) is 0.530. The summed E-state index contributed by atoms with van der Waals surface area (Å²) in [7, 11) is 1.58. The lowest BCUT2D eigenvalue weighted by Crippen LogP contribution is -2.40. The van der Waals surface area contributed by atoms with Crippen molar-refractivity contribution < 1.29 is 23.9 Å². The van der Waals surface area contributed by atoms with Crippen LogP contribution in [0.4, 0.5) is 4.79 Å². The summed E-state index contributed by atoms with van der Waals surface area (Å²) in [5.41, 5.74) is 0.818. The van der Waals surface area contributed by atoms with Crippen LogP contribution in [0.15, 0.2) is 59.5 Å². The molecule has 0 atom stereocenters. The third-order valence-corrected chi connectivity index (χ3v) is 4.93. The van der Waals surface area contributed by atoms with Crippen molar-refractivity contribution in [1.29, 1.82) is 0 Å². The minimum absolute atomic E-state index is 0.251. The highest BCUT2D eigenvalue weighted by molar-refractivity contribution is 8.18. The Balaban J connectivity index is 1.45. The number of thioether (sulfide) groups is 1. The molecule has 3 rings (SSSR count). The fraction of sp³-hybridized carbons (Fsp3) is 0.190. The van der Waals surface area contributed by atoms with Gasteiger partial charge in [0.05, 0.1) is 18.6 Å². The second-order valence-corrected chi connectivity index (χ2v) is 7.05. The van der Waals surface area contributed by atoms with Crippen molar-refractivity contribution in [2.75, 3.05) is 26.8 Å². The normalized spacial score (nSPS) is 14.9. The molecule has 0 radical (unpaired) electrons. The van der Waals surface area contributed by atoms with Crippen LogP contribution in [-0.2, 0) is 9.59 Å². The molecule has 0 aliphatic carbocycles. The van der Waals surface area contributed by atoms with E-state index in [1.54, 1.807) is 37.5 Å². The molecule has 0 bridgehead atoms. The average molecular weight is 412 g/mol. The standard InChI is InChI=1S/C21H20N2O5S/c1-27-16-7-9-17(10-8-16)28-12-11-22-19(24)14-23-20(25)18(29-21(23)26)13-15-5-3-2-4-6-15/h2-10,13H,11-12,14H2,1H3,(H,22,24)/b18-13+. The largest absolute Gasteiger partial charge is 0.497 e.